The number of rotatable bonds is 9. The molecule has 1 aromatic heterocycles. The number of hydrogen-bond acceptors (Lipinski definition) is 7. The maximum Gasteiger partial charge on any atom is 0.248 e. The first-order valence-electron chi connectivity index (χ1n) is 14.5. The summed E-state index contributed by atoms with van der Waals surface area (Å²) < 4.78 is 28.5. The summed E-state index contributed by atoms with van der Waals surface area (Å²) in [6.07, 6.45) is 4.18. The topological polar surface area (TPSA) is 73.6 Å². The van der Waals surface area contributed by atoms with Crippen LogP contribution in [-0.2, 0) is 17.9 Å². The third kappa shape index (κ3) is 5.15. The van der Waals surface area contributed by atoms with Crippen LogP contribution in [0.3, 0.4) is 0 Å². The van der Waals surface area contributed by atoms with Gasteiger partial charge in [-0.3, -0.25) is 9.69 Å². The third-order valence-electron chi connectivity index (χ3n) is 8.70. The van der Waals surface area contributed by atoms with Gasteiger partial charge in [-0.25, -0.2) is 0 Å². The lowest BCUT2D eigenvalue weighted by Gasteiger charge is -2.52. The van der Waals surface area contributed by atoms with Crippen LogP contribution in [0, 0.1) is 0 Å². The molecule has 1 aliphatic carbocycles. The minimum atomic E-state index is -0.565. The fourth-order valence-corrected chi connectivity index (χ4v) is 6.69. The Hall–Kier alpha value is -4.17. The highest BCUT2D eigenvalue weighted by atomic mass is 16.5. The average molecular weight is 571 g/mol. The number of piperazine rings is 1. The summed E-state index contributed by atoms with van der Waals surface area (Å²) in [4.78, 5) is 19.1. The van der Waals surface area contributed by atoms with Crippen molar-refractivity contribution in [3.63, 3.8) is 0 Å². The van der Waals surface area contributed by atoms with Gasteiger partial charge in [-0.15, -0.1) is 0 Å². The Labute approximate surface area is 246 Å². The van der Waals surface area contributed by atoms with E-state index in [2.05, 4.69) is 15.9 Å². The maximum atomic E-state index is 14.7. The zero-order chi connectivity index (χ0) is 29.2. The number of para-hydroxylation sites is 1. The molecule has 4 aromatic rings. The summed E-state index contributed by atoms with van der Waals surface area (Å²) in [5.74, 6) is 3.40. The molecule has 2 aliphatic rings. The van der Waals surface area contributed by atoms with Gasteiger partial charge in [0.05, 0.1) is 28.4 Å². The third-order valence-corrected chi connectivity index (χ3v) is 8.70. The Morgan fingerprint density at radius 1 is 0.714 bits per heavy atom. The number of methoxy groups -OCH3 is 4. The molecule has 1 amide bonds. The Morgan fingerprint density at radius 3 is 1.93 bits per heavy atom. The number of carbonyl (C=O) groups excluding carboxylic acids is 1. The van der Waals surface area contributed by atoms with E-state index in [4.69, 9.17) is 23.4 Å². The van der Waals surface area contributed by atoms with E-state index in [0.29, 0.717) is 41.8 Å². The van der Waals surface area contributed by atoms with Crippen LogP contribution in [0.2, 0.25) is 0 Å². The van der Waals surface area contributed by atoms with Crippen LogP contribution in [-0.4, -0.2) is 56.2 Å². The monoisotopic (exact) mass is 570 g/mol. The van der Waals surface area contributed by atoms with E-state index in [-0.39, 0.29) is 18.0 Å². The molecule has 8 nitrogen and oxygen atoms in total. The average Bonchev–Trinajstić information content (AvgIpc) is 3.46. The van der Waals surface area contributed by atoms with Gasteiger partial charge in [0.1, 0.15) is 17.4 Å². The molecular formula is C34H38N2O6. The minimum Gasteiger partial charge on any atom is -0.493 e. The van der Waals surface area contributed by atoms with E-state index in [1.807, 2.05) is 60.7 Å². The molecule has 3 aromatic carbocycles. The quantitative estimate of drug-likeness (QED) is 0.232. The molecule has 1 aliphatic heterocycles. The van der Waals surface area contributed by atoms with Crippen molar-refractivity contribution in [2.24, 2.45) is 0 Å². The van der Waals surface area contributed by atoms with Crippen LogP contribution in [0.1, 0.15) is 48.6 Å². The smallest absolute Gasteiger partial charge is 0.248 e. The van der Waals surface area contributed by atoms with Crippen molar-refractivity contribution in [3.05, 3.63) is 83.6 Å². The number of fused-ring (bicyclic) bond motifs is 2. The Balaban J connectivity index is 1.42. The molecule has 0 N–H and O–H groups in total. The summed E-state index contributed by atoms with van der Waals surface area (Å²) in [7, 11) is 6.54. The van der Waals surface area contributed by atoms with Crippen LogP contribution < -0.4 is 18.9 Å². The van der Waals surface area contributed by atoms with Crippen LogP contribution in [0.25, 0.3) is 11.0 Å². The summed E-state index contributed by atoms with van der Waals surface area (Å²) in [6.45, 7) is 1.07. The molecule has 42 heavy (non-hydrogen) atoms. The fraction of sp³-hybridized carbons (Fsp3) is 0.382. The Bertz CT molecular complexity index is 1530. The summed E-state index contributed by atoms with van der Waals surface area (Å²) in [6, 6.07) is 21.5. The minimum absolute atomic E-state index is 0.0486. The van der Waals surface area contributed by atoms with E-state index in [1.54, 1.807) is 28.4 Å². The normalized spacial score (nSPS) is 20.8. The SMILES string of the molecule is COc1ccc(CN2C(=O)C(c3cc4ccccc4o3)N(Cc3ccc(OC)c(OC)c3)[C@H]3CCCC[C@@H]32)cc1OC. The van der Waals surface area contributed by atoms with Gasteiger partial charge in [0.2, 0.25) is 5.91 Å². The molecule has 6 rings (SSSR count). The van der Waals surface area contributed by atoms with Crippen molar-refractivity contribution in [3.8, 4) is 23.0 Å². The second-order valence-corrected chi connectivity index (χ2v) is 11.0. The lowest BCUT2D eigenvalue weighted by molar-refractivity contribution is -0.157. The van der Waals surface area contributed by atoms with Gasteiger partial charge in [0.25, 0.3) is 0 Å². The number of amides is 1. The second-order valence-electron chi connectivity index (χ2n) is 11.0. The first-order chi connectivity index (χ1) is 20.5. The van der Waals surface area contributed by atoms with Gasteiger partial charge in [0, 0.05) is 30.6 Å². The number of ether oxygens (including phenoxy) is 4. The zero-order valence-electron chi connectivity index (χ0n) is 24.7. The highest BCUT2D eigenvalue weighted by molar-refractivity contribution is 5.86. The van der Waals surface area contributed by atoms with Crippen LogP contribution in [0.15, 0.2) is 71.1 Å². The number of carbonyl (C=O) groups is 1. The van der Waals surface area contributed by atoms with Crippen molar-refractivity contribution in [1.82, 2.24) is 9.80 Å². The van der Waals surface area contributed by atoms with Crippen molar-refractivity contribution >= 4 is 16.9 Å². The zero-order valence-corrected chi connectivity index (χ0v) is 24.7. The molecular weight excluding hydrogens is 532 g/mol. The number of nitrogens with zero attached hydrogens (tertiary/aromatic N) is 2. The van der Waals surface area contributed by atoms with Crippen molar-refractivity contribution in [2.45, 2.75) is 56.9 Å². The van der Waals surface area contributed by atoms with Gasteiger partial charge < -0.3 is 28.3 Å². The molecule has 1 saturated heterocycles. The number of furan rings is 1. The van der Waals surface area contributed by atoms with Gasteiger partial charge in [0.15, 0.2) is 23.0 Å². The molecule has 1 unspecified atom stereocenters. The van der Waals surface area contributed by atoms with E-state index in [0.717, 1.165) is 47.8 Å². The van der Waals surface area contributed by atoms with E-state index in [1.165, 1.54) is 0 Å². The second kappa shape index (κ2) is 12.0. The molecule has 0 bridgehead atoms. The Morgan fingerprint density at radius 2 is 1.31 bits per heavy atom. The van der Waals surface area contributed by atoms with Crippen LogP contribution in [0.4, 0.5) is 0 Å². The van der Waals surface area contributed by atoms with Crippen LogP contribution in [0.5, 0.6) is 23.0 Å². The fourth-order valence-electron chi connectivity index (χ4n) is 6.69. The van der Waals surface area contributed by atoms with E-state index in [9.17, 15) is 4.79 Å². The standard InChI is InChI=1S/C34H38N2O6/c1-38-28-15-13-22(17-30(28)40-3)20-35-25-10-6-7-11-26(25)36(21-23-14-16-29(39-2)31(18-23)41-4)34(37)33(35)32-19-24-9-5-8-12-27(24)42-32/h5,8-9,12-19,25-26,33H,6-7,10-11,20-21H2,1-4H3/t25-,26-,33?/m0/s1. The van der Waals surface area contributed by atoms with E-state index < -0.39 is 6.04 Å². The molecule has 2 heterocycles. The van der Waals surface area contributed by atoms with Gasteiger partial charge in [-0.2, -0.15) is 0 Å². The lowest BCUT2D eigenvalue weighted by Crippen LogP contribution is -2.63. The molecule has 2 fully saturated rings. The van der Waals surface area contributed by atoms with Gasteiger partial charge >= 0.3 is 0 Å². The summed E-state index contributed by atoms with van der Waals surface area (Å²) in [5.41, 5.74) is 2.84. The first kappa shape index (κ1) is 28.0. The largest absolute Gasteiger partial charge is 0.493 e. The highest BCUT2D eigenvalue weighted by Gasteiger charge is 2.49. The first-order valence-corrected chi connectivity index (χ1v) is 14.5. The number of benzene rings is 3. The highest BCUT2D eigenvalue weighted by Crippen LogP contribution is 2.43. The molecule has 0 spiro atoms. The summed E-state index contributed by atoms with van der Waals surface area (Å²) in [5, 5.41) is 0.989. The van der Waals surface area contributed by atoms with E-state index >= 15 is 0 Å². The maximum absolute atomic E-state index is 14.7. The predicted octanol–water partition coefficient (Wildman–Crippen LogP) is 6.36. The van der Waals surface area contributed by atoms with Crippen molar-refractivity contribution in [2.75, 3.05) is 28.4 Å². The Kier molecular flexibility index (Phi) is 7.98. The number of hydrogen-bond donors (Lipinski definition) is 0. The molecule has 3 atom stereocenters. The summed E-state index contributed by atoms with van der Waals surface area (Å²) >= 11 is 0. The predicted molar refractivity (Wildman–Crippen MR) is 160 cm³/mol. The van der Waals surface area contributed by atoms with Crippen LogP contribution >= 0.6 is 0 Å². The van der Waals surface area contributed by atoms with Crippen molar-refractivity contribution in [1.29, 1.82) is 0 Å². The molecule has 8 heteroatoms. The molecule has 0 radical (unpaired) electrons. The van der Waals surface area contributed by atoms with Gasteiger partial charge in [-0.1, -0.05) is 43.2 Å². The van der Waals surface area contributed by atoms with Gasteiger partial charge in [-0.05, 0) is 60.4 Å². The lowest BCUT2D eigenvalue weighted by atomic mass is 9.83. The molecule has 1 saturated carbocycles. The van der Waals surface area contributed by atoms with Crippen molar-refractivity contribution < 1.29 is 28.2 Å². The molecule has 220 valence electrons.